The number of hydrogen-bond donors (Lipinski definition) is 0. The van der Waals surface area contributed by atoms with Crippen molar-refractivity contribution in [3.63, 3.8) is 0 Å². The first kappa shape index (κ1) is 16.0. The third-order valence-electron chi connectivity index (χ3n) is 5.00. The first-order valence-corrected chi connectivity index (χ1v) is 8.04. The van der Waals surface area contributed by atoms with Crippen LogP contribution in [0.4, 0.5) is 0 Å². The molecule has 0 radical (unpaired) electrons. The van der Waals surface area contributed by atoms with Crippen LogP contribution >= 0.6 is 0 Å². The molecule has 2 aliphatic rings. The zero-order chi connectivity index (χ0) is 16.6. The Morgan fingerprint density at radius 3 is 2.57 bits per heavy atom. The van der Waals surface area contributed by atoms with Crippen LogP contribution in [0.25, 0.3) is 0 Å². The fourth-order valence-corrected chi connectivity index (χ4v) is 3.41. The smallest absolute Gasteiger partial charge is 0.248 e. The maximum absolute atomic E-state index is 12.6. The summed E-state index contributed by atoms with van der Waals surface area (Å²) in [4.78, 5) is 26.3. The number of rotatable bonds is 2. The quantitative estimate of drug-likeness (QED) is 0.840. The first-order valence-electron chi connectivity index (χ1n) is 8.04. The number of amides is 1. The lowest BCUT2D eigenvalue weighted by molar-refractivity contribution is -0.138. The van der Waals surface area contributed by atoms with E-state index in [4.69, 9.17) is 9.47 Å². The van der Waals surface area contributed by atoms with Gasteiger partial charge in [0.1, 0.15) is 18.0 Å². The van der Waals surface area contributed by atoms with E-state index < -0.39 is 5.60 Å². The highest BCUT2D eigenvalue weighted by atomic mass is 16.5. The Morgan fingerprint density at radius 1 is 1.26 bits per heavy atom. The van der Waals surface area contributed by atoms with Crippen LogP contribution in [-0.4, -0.2) is 49.0 Å². The monoisotopic (exact) mass is 317 g/mol. The number of Topliss-reactive ketones (excluding diaryl/α,β-unsaturated/α-hetero) is 1. The molecule has 0 atom stereocenters. The summed E-state index contributed by atoms with van der Waals surface area (Å²) in [5, 5.41) is 0. The average Bonchev–Trinajstić information content (AvgIpc) is 2.50. The molecule has 0 aromatic heterocycles. The number of nitrogens with zero attached hydrogens (tertiary/aromatic N) is 1. The fraction of sp³-hybridized carbons (Fsp3) is 0.556. The standard InChI is InChI=1S/C18H23NO4/c1-12-8-14-15(20)10-18(23-16(14)9-13(12)2)4-6-19(7-5-18)17(21)11-22-3/h8-9H,4-7,10-11H2,1-3H3. The first-order chi connectivity index (χ1) is 10.9. The maximum Gasteiger partial charge on any atom is 0.248 e. The second-order valence-corrected chi connectivity index (χ2v) is 6.63. The van der Waals surface area contributed by atoms with E-state index in [1.165, 1.54) is 7.11 Å². The Morgan fingerprint density at radius 2 is 1.91 bits per heavy atom. The predicted molar refractivity (Wildman–Crippen MR) is 85.9 cm³/mol. The summed E-state index contributed by atoms with van der Waals surface area (Å²) in [7, 11) is 1.52. The molecule has 1 spiro atoms. The normalized spacial score (nSPS) is 19.4. The van der Waals surface area contributed by atoms with Crippen LogP contribution in [-0.2, 0) is 9.53 Å². The van der Waals surface area contributed by atoms with Gasteiger partial charge in [-0.1, -0.05) is 0 Å². The zero-order valence-corrected chi connectivity index (χ0v) is 14.0. The summed E-state index contributed by atoms with van der Waals surface area (Å²) < 4.78 is 11.2. The topological polar surface area (TPSA) is 55.8 Å². The molecule has 5 heteroatoms. The molecule has 2 aliphatic heterocycles. The largest absolute Gasteiger partial charge is 0.486 e. The molecule has 1 aromatic carbocycles. The lowest BCUT2D eigenvalue weighted by Crippen LogP contribution is -2.52. The van der Waals surface area contributed by atoms with Gasteiger partial charge in [-0.05, 0) is 37.1 Å². The van der Waals surface area contributed by atoms with E-state index in [9.17, 15) is 9.59 Å². The summed E-state index contributed by atoms with van der Waals surface area (Å²) in [5.41, 5.74) is 2.46. The van der Waals surface area contributed by atoms with Crippen molar-refractivity contribution in [2.45, 2.75) is 38.7 Å². The highest BCUT2D eigenvalue weighted by Crippen LogP contribution is 2.40. The van der Waals surface area contributed by atoms with E-state index >= 15 is 0 Å². The van der Waals surface area contributed by atoms with Crippen molar-refractivity contribution in [1.82, 2.24) is 4.90 Å². The average molecular weight is 317 g/mol. The van der Waals surface area contributed by atoms with Gasteiger partial charge in [-0.15, -0.1) is 0 Å². The minimum atomic E-state index is -0.463. The number of aryl methyl sites for hydroxylation is 2. The van der Waals surface area contributed by atoms with Crippen molar-refractivity contribution < 1.29 is 19.1 Å². The molecule has 1 aromatic rings. The minimum Gasteiger partial charge on any atom is -0.486 e. The van der Waals surface area contributed by atoms with E-state index in [0.29, 0.717) is 43.7 Å². The van der Waals surface area contributed by atoms with Crippen molar-refractivity contribution >= 4 is 11.7 Å². The number of carbonyl (C=O) groups is 2. The Balaban J connectivity index is 1.77. The number of benzene rings is 1. The van der Waals surface area contributed by atoms with Crippen LogP contribution in [0.1, 0.15) is 40.7 Å². The number of likely N-dealkylation sites (tertiary alicyclic amines) is 1. The third-order valence-corrected chi connectivity index (χ3v) is 5.00. The van der Waals surface area contributed by atoms with E-state index in [1.807, 2.05) is 26.0 Å². The summed E-state index contributed by atoms with van der Waals surface area (Å²) in [6.45, 7) is 5.35. The molecular weight excluding hydrogens is 294 g/mol. The van der Waals surface area contributed by atoms with E-state index in [1.54, 1.807) is 4.90 Å². The van der Waals surface area contributed by atoms with Gasteiger partial charge in [-0.3, -0.25) is 9.59 Å². The van der Waals surface area contributed by atoms with Crippen LogP contribution in [0, 0.1) is 13.8 Å². The van der Waals surface area contributed by atoms with Gasteiger partial charge in [0, 0.05) is 33.0 Å². The SMILES string of the molecule is COCC(=O)N1CCC2(CC1)CC(=O)c1cc(C)c(C)cc1O2. The molecule has 0 bridgehead atoms. The van der Waals surface area contributed by atoms with Crippen LogP contribution in [0.15, 0.2) is 12.1 Å². The molecule has 0 N–H and O–H groups in total. The van der Waals surface area contributed by atoms with Crippen molar-refractivity contribution in [2.75, 3.05) is 26.8 Å². The predicted octanol–water partition coefficient (Wildman–Crippen LogP) is 2.28. The molecule has 1 saturated heterocycles. The molecule has 23 heavy (non-hydrogen) atoms. The highest BCUT2D eigenvalue weighted by molar-refractivity contribution is 6.00. The Bertz CT molecular complexity index is 645. The summed E-state index contributed by atoms with van der Waals surface area (Å²) in [6.07, 6.45) is 1.76. The van der Waals surface area contributed by atoms with Crippen LogP contribution in [0.2, 0.25) is 0 Å². The Kier molecular flexibility index (Phi) is 4.15. The van der Waals surface area contributed by atoms with Crippen molar-refractivity contribution in [3.05, 3.63) is 28.8 Å². The third kappa shape index (κ3) is 2.98. The van der Waals surface area contributed by atoms with E-state index in [0.717, 1.165) is 11.1 Å². The van der Waals surface area contributed by atoms with Crippen LogP contribution in [0.3, 0.4) is 0 Å². The lowest BCUT2D eigenvalue weighted by atomic mass is 9.82. The number of carbonyl (C=O) groups excluding carboxylic acids is 2. The maximum atomic E-state index is 12.6. The Labute approximate surface area is 136 Å². The summed E-state index contributed by atoms with van der Waals surface area (Å²) in [5.74, 6) is 0.836. The molecule has 0 unspecified atom stereocenters. The van der Waals surface area contributed by atoms with Gasteiger partial charge < -0.3 is 14.4 Å². The molecule has 3 rings (SSSR count). The summed E-state index contributed by atoms with van der Waals surface area (Å²) >= 11 is 0. The second kappa shape index (κ2) is 5.96. The van der Waals surface area contributed by atoms with Gasteiger partial charge in [-0.2, -0.15) is 0 Å². The number of ketones is 1. The van der Waals surface area contributed by atoms with Gasteiger partial charge in [-0.25, -0.2) is 0 Å². The molecule has 1 fully saturated rings. The van der Waals surface area contributed by atoms with E-state index in [2.05, 4.69) is 0 Å². The molecule has 2 heterocycles. The highest BCUT2D eigenvalue weighted by Gasteiger charge is 2.43. The summed E-state index contributed by atoms with van der Waals surface area (Å²) in [6, 6.07) is 3.89. The van der Waals surface area contributed by atoms with Gasteiger partial charge >= 0.3 is 0 Å². The number of ether oxygens (including phenoxy) is 2. The zero-order valence-electron chi connectivity index (χ0n) is 14.0. The van der Waals surface area contributed by atoms with Crippen LogP contribution in [0.5, 0.6) is 5.75 Å². The minimum absolute atomic E-state index is 0.00337. The molecule has 1 amide bonds. The van der Waals surface area contributed by atoms with Crippen molar-refractivity contribution in [3.8, 4) is 5.75 Å². The van der Waals surface area contributed by atoms with Gasteiger partial charge in [0.15, 0.2) is 5.78 Å². The van der Waals surface area contributed by atoms with Gasteiger partial charge in [0.05, 0.1) is 12.0 Å². The number of fused-ring (bicyclic) bond motifs is 1. The second-order valence-electron chi connectivity index (χ2n) is 6.63. The van der Waals surface area contributed by atoms with E-state index in [-0.39, 0.29) is 18.3 Å². The fourth-order valence-electron chi connectivity index (χ4n) is 3.41. The number of methoxy groups -OCH3 is 1. The molecule has 124 valence electrons. The molecular formula is C18H23NO4. The Hall–Kier alpha value is -1.88. The van der Waals surface area contributed by atoms with Crippen molar-refractivity contribution in [2.24, 2.45) is 0 Å². The molecule has 5 nitrogen and oxygen atoms in total. The van der Waals surface area contributed by atoms with Crippen LogP contribution < -0.4 is 4.74 Å². The van der Waals surface area contributed by atoms with Crippen molar-refractivity contribution in [1.29, 1.82) is 0 Å². The molecule has 0 saturated carbocycles. The number of piperidine rings is 1. The van der Waals surface area contributed by atoms with Gasteiger partial charge in [0.2, 0.25) is 5.91 Å². The molecule has 0 aliphatic carbocycles. The number of hydrogen-bond acceptors (Lipinski definition) is 4. The lowest BCUT2D eigenvalue weighted by Gasteiger charge is -2.44. The van der Waals surface area contributed by atoms with Gasteiger partial charge in [0.25, 0.3) is 0 Å².